The fourth-order valence-corrected chi connectivity index (χ4v) is 4.24. The quantitative estimate of drug-likeness (QED) is 0.719. The molecule has 1 saturated heterocycles. The lowest BCUT2D eigenvalue weighted by Crippen LogP contribution is -2.43. The maximum Gasteiger partial charge on any atom is 0.425 e. The smallest absolute Gasteiger partial charge is 0.425 e. The van der Waals surface area contributed by atoms with E-state index in [1.165, 1.54) is 0 Å². The van der Waals surface area contributed by atoms with E-state index in [4.69, 9.17) is 9.47 Å². The molecule has 2 aromatic rings. The monoisotopic (exact) mass is 433 g/mol. The summed E-state index contributed by atoms with van der Waals surface area (Å²) in [5, 5.41) is 0. The minimum Gasteiger partial charge on any atom is -0.462 e. The van der Waals surface area contributed by atoms with Crippen LogP contribution in [0.25, 0.3) is 11.0 Å². The standard InChI is InChI=1S/C18H22F3N3O4S/c1-2-11-29(25,26)24-16-17(23-14-6-4-3-5-13(14)22-16)28-15(18(19,20)21)12-7-9-27-10-8-12/h3-6,12,15H,2,7-11H2,1H3,(H,22,24)/t15-/m0/s1. The molecule has 1 atom stereocenters. The Morgan fingerprint density at radius 1 is 1.21 bits per heavy atom. The third-order valence-electron chi connectivity index (χ3n) is 4.52. The van der Waals surface area contributed by atoms with Crippen molar-refractivity contribution in [3.8, 4) is 5.88 Å². The highest BCUT2D eigenvalue weighted by atomic mass is 32.2. The van der Waals surface area contributed by atoms with E-state index in [1.54, 1.807) is 31.2 Å². The van der Waals surface area contributed by atoms with E-state index in [-0.39, 0.29) is 37.6 Å². The van der Waals surface area contributed by atoms with Crippen molar-refractivity contribution in [2.24, 2.45) is 5.92 Å². The first kappa shape index (κ1) is 21.6. The normalized spacial score (nSPS) is 17.2. The van der Waals surface area contributed by atoms with Gasteiger partial charge in [0.25, 0.3) is 5.88 Å². The molecule has 0 aliphatic carbocycles. The van der Waals surface area contributed by atoms with Crippen LogP contribution in [0.2, 0.25) is 0 Å². The third-order valence-corrected chi connectivity index (χ3v) is 5.97. The summed E-state index contributed by atoms with van der Waals surface area (Å²) in [5.41, 5.74) is 0.637. The summed E-state index contributed by atoms with van der Waals surface area (Å²) in [7, 11) is -3.81. The summed E-state index contributed by atoms with van der Waals surface area (Å²) in [4.78, 5) is 8.28. The Kier molecular flexibility index (Phi) is 6.47. The maximum absolute atomic E-state index is 13.7. The topological polar surface area (TPSA) is 90.4 Å². The molecule has 0 bridgehead atoms. The molecule has 7 nitrogen and oxygen atoms in total. The molecule has 1 N–H and O–H groups in total. The summed E-state index contributed by atoms with van der Waals surface area (Å²) < 4.78 is 78.3. The zero-order chi connectivity index (χ0) is 21.1. The number of benzene rings is 1. The van der Waals surface area contributed by atoms with Crippen LogP contribution in [-0.4, -0.2) is 49.6 Å². The molecule has 11 heteroatoms. The Morgan fingerprint density at radius 2 is 1.83 bits per heavy atom. The number of nitrogens with zero attached hydrogens (tertiary/aromatic N) is 2. The van der Waals surface area contributed by atoms with E-state index in [1.807, 2.05) is 0 Å². The number of alkyl halides is 3. The predicted molar refractivity (Wildman–Crippen MR) is 101 cm³/mol. The van der Waals surface area contributed by atoms with Gasteiger partial charge in [-0.25, -0.2) is 18.4 Å². The van der Waals surface area contributed by atoms with Crippen LogP contribution in [0.15, 0.2) is 24.3 Å². The molecule has 1 aromatic carbocycles. The number of sulfonamides is 1. The zero-order valence-electron chi connectivity index (χ0n) is 15.8. The summed E-state index contributed by atoms with van der Waals surface area (Å²) in [6.45, 7) is 2.09. The average Bonchev–Trinajstić information content (AvgIpc) is 2.65. The van der Waals surface area contributed by atoms with Crippen molar-refractivity contribution in [2.75, 3.05) is 23.7 Å². The van der Waals surface area contributed by atoms with E-state index >= 15 is 0 Å². The highest BCUT2D eigenvalue weighted by molar-refractivity contribution is 7.92. The van der Waals surface area contributed by atoms with Crippen molar-refractivity contribution < 1.29 is 31.1 Å². The Morgan fingerprint density at radius 3 is 2.41 bits per heavy atom. The van der Waals surface area contributed by atoms with Crippen molar-refractivity contribution >= 4 is 26.9 Å². The fourth-order valence-electron chi connectivity index (χ4n) is 3.17. The summed E-state index contributed by atoms with van der Waals surface area (Å²) in [6.07, 6.45) is -6.10. The fraction of sp³-hybridized carbons (Fsp3) is 0.556. The zero-order valence-corrected chi connectivity index (χ0v) is 16.6. The van der Waals surface area contributed by atoms with Gasteiger partial charge in [0.1, 0.15) is 0 Å². The maximum atomic E-state index is 13.7. The second-order valence-electron chi connectivity index (χ2n) is 6.82. The van der Waals surface area contributed by atoms with Crippen LogP contribution < -0.4 is 9.46 Å². The Hall–Kier alpha value is -2.14. The summed E-state index contributed by atoms with van der Waals surface area (Å²) >= 11 is 0. The molecule has 2 heterocycles. The first-order chi connectivity index (χ1) is 13.7. The van der Waals surface area contributed by atoms with Crippen molar-refractivity contribution in [1.82, 2.24) is 9.97 Å². The van der Waals surface area contributed by atoms with Crippen LogP contribution in [-0.2, 0) is 14.8 Å². The molecule has 0 unspecified atom stereocenters. The van der Waals surface area contributed by atoms with Crippen molar-refractivity contribution in [3.05, 3.63) is 24.3 Å². The van der Waals surface area contributed by atoms with E-state index in [0.717, 1.165) is 0 Å². The van der Waals surface area contributed by atoms with Crippen LogP contribution in [0.3, 0.4) is 0 Å². The van der Waals surface area contributed by atoms with Crippen molar-refractivity contribution in [2.45, 2.75) is 38.5 Å². The molecule has 1 aliphatic rings. The first-order valence-electron chi connectivity index (χ1n) is 9.28. The average molecular weight is 433 g/mol. The van der Waals surface area contributed by atoms with Gasteiger partial charge < -0.3 is 9.47 Å². The second kappa shape index (κ2) is 8.70. The van der Waals surface area contributed by atoms with E-state index < -0.39 is 34.1 Å². The van der Waals surface area contributed by atoms with Crippen LogP contribution >= 0.6 is 0 Å². The molecule has 3 rings (SSSR count). The number of hydrogen-bond donors (Lipinski definition) is 1. The molecule has 1 aromatic heterocycles. The lowest BCUT2D eigenvalue weighted by atomic mass is 9.93. The number of halogens is 3. The van der Waals surface area contributed by atoms with Gasteiger partial charge in [0.15, 0.2) is 6.10 Å². The second-order valence-corrected chi connectivity index (χ2v) is 8.66. The van der Waals surface area contributed by atoms with E-state index in [2.05, 4.69) is 14.7 Å². The first-order valence-corrected chi connectivity index (χ1v) is 10.9. The number of para-hydroxylation sites is 2. The molecule has 0 amide bonds. The number of fused-ring (bicyclic) bond motifs is 1. The van der Waals surface area contributed by atoms with Crippen LogP contribution in [0.4, 0.5) is 19.0 Å². The number of nitrogens with one attached hydrogen (secondary N) is 1. The number of aromatic nitrogens is 2. The number of anilines is 1. The molecule has 1 fully saturated rings. The van der Waals surface area contributed by atoms with Crippen molar-refractivity contribution in [1.29, 1.82) is 0 Å². The highest BCUT2D eigenvalue weighted by Gasteiger charge is 2.48. The van der Waals surface area contributed by atoms with Gasteiger partial charge in [-0.1, -0.05) is 19.1 Å². The number of rotatable bonds is 7. The third kappa shape index (κ3) is 5.47. The highest BCUT2D eigenvalue weighted by Crippen LogP contribution is 2.36. The van der Waals surface area contributed by atoms with Crippen LogP contribution in [0, 0.1) is 5.92 Å². The molecule has 0 radical (unpaired) electrons. The van der Waals surface area contributed by atoms with E-state index in [0.29, 0.717) is 17.5 Å². The lowest BCUT2D eigenvalue weighted by Gasteiger charge is -2.31. The molecule has 1 aliphatic heterocycles. The minimum atomic E-state index is -4.66. The Bertz CT molecular complexity index is 947. The SMILES string of the molecule is CCCS(=O)(=O)Nc1nc2ccccc2nc1O[C@@H](C1CCOCC1)C(F)(F)F. The molecular weight excluding hydrogens is 411 g/mol. The van der Waals surface area contributed by atoms with E-state index in [9.17, 15) is 21.6 Å². The van der Waals surface area contributed by atoms with Gasteiger partial charge in [-0.05, 0) is 31.4 Å². The Balaban J connectivity index is 2.01. The number of ether oxygens (including phenoxy) is 2. The number of hydrogen-bond acceptors (Lipinski definition) is 6. The van der Waals surface area contributed by atoms with Crippen LogP contribution in [0.1, 0.15) is 26.2 Å². The summed E-state index contributed by atoms with van der Waals surface area (Å²) in [6, 6.07) is 6.48. The summed E-state index contributed by atoms with van der Waals surface area (Å²) in [5.74, 6) is -1.86. The minimum absolute atomic E-state index is 0.183. The largest absolute Gasteiger partial charge is 0.462 e. The molecule has 29 heavy (non-hydrogen) atoms. The van der Waals surface area contributed by atoms with Gasteiger partial charge in [-0.3, -0.25) is 4.72 Å². The molecule has 0 saturated carbocycles. The van der Waals surface area contributed by atoms with Gasteiger partial charge in [-0.15, -0.1) is 0 Å². The molecular formula is C18H22F3N3O4S. The molecule has 0 spiro atoms. The Labute approximate surface area is 166 Å². The van der Waals surface area contributed by atoms with Crippen LogP contribution in [0.5, 0.6) is 5.88 Å². The predicted octanol–water partition coefficient (Wildman–Crippen LogP) is 3.52. The van der Waals surface area contributed by atoms with Gasteiger partial charge in [0, 0.05) is 19.1 Å². The van der Waals surface area contributed by atoms with Crippen molar-refractivity contribution in [3.63, 3.8) is 0 Å². The van der Waals surface area contributed by atoms with Gasteiger partial charge in [0.2, 0.25) is 15.8 Å². The van der Waals surface area contributed by atoms with Gasteiger partial charge in [0.05, 0.1) is 16.8 Å². The molecule has 160 valence electrons. The van der Waals surface area contributed by atoms with Gasteiger partial charge in [-0.2, -0.15) is 13.2 Å². The lowest BCUT2D eigenvalue weighted by molar-refractivity contribution is -0.216. The van der Waals surface area contributed by atoms with Gasteiger partial charge >= 0.3 is 6.18 Å².